The van der Waals surface area contributed by atoms with Crippen molar-refractivity contribution in [2.24, 2.45) is 0 Å². The highest BCUT2D eigenvalue weighted by Crippen LogP contribution is 2.15. The van der Waals surface area contributed by atoms with Crippen molar-refractivity contribution in [1.82, 2.24) is 4.90 Å². The van der Waals surface area contributed by atoms with E-state index in [9.17, 15) is 19.1 Å². The van der Waals surface area contributed by atoms with Gasteiger partial charge in [0.15, 0.2) is 6.10 Å². The smallest absolute Gasteiger partial charge is 0.333 e. The predicted octanol–water partition coefficient (Wildman–Crippen LogP) is 4.98. The van der Waals surface area contributed by atoms with Crippen molar-refractivity contribution in [1.29, 1.82) is 0 Å². The standard InChI is InChI=1S/C27H37FN2O6/c1-3-5-6-17-34-18-15-30(27(33)29-23-11-9-22(28)10-12-23)16-19-36-24-13-7-21(8-14-24)20-25(26(31)32)35-4-2/h7-14,25H,3-6,15-20H2,1-2H3,(H,29,33)(H,31,32). The minimum absolute atomic E-state index is 0.253. The highest BCUT2D eigenvalue weighted by atomic mass is 19.1. The zero-order chi connectivity index (χ0) is 26.2. The van der Waals surface area contributed by atoms with Crippen molar-refractivity contribution >= 4 is 17.7 Å². The Hall–Kier alpha value is -3.17. The van der Waals surface area contributed by atoms with Gasteiger partial charge in [-0.2, -0.15) is 0 Å². The Morgan fingerprint density at radius 1 is 0.972 bits per heavy atom. The number of nitrogens with one attached hydrogen (secondary N) is 1. The number of carbonyl (C=O) groups excluding carboxylic acids is 1. The van der Waals surface area contributed by atoms with E-state index in [1.54, 1.807) is 36.1 Å². The predicted molar refractivity (Wildman–Crippen MR) is 136 cm³/mol. The zero-order valence-corrected chi connectivity index (χ0v) is 21.1. The average Bonchev–Trinajstić information content (AvgIpc) is 2.87. The number of aliphatic carboxylic acids is 1. The largest absolute Gasteiger partial charge is 0.492 e. The number of amides is 2. The highest BCUT2D eigenvalue weighted by Gasteiger charge is 2.18. The average molecular weight is 505 g/mol. The fraction of sp³-hybridized carbons (Fsp3) is 0.481. The summed E-state index contributed by atoms with van der Waals surface area (Å²) in [4.78, 5) is 25.7. The minimum atomic E-state index is -0.995. The summed E-state index contributed by atoms with van der Waals surface area (Å²) in [5.74, 6) is -0.761. The van der Waals surface area contributed by atoms with Crippen LogP contribution in [0.2, 0.25) is 0 Å². The first-order valence-corrected chi connectivity index (χ1v) is 12.4. The van der Waals surface area contributed by atoms with Gasteiger partial charge in [0, 0.05) is 31.9 Å². The second kappa shape index (κ2) is 16.5. The van der Waals surface area contributed by atoms with Gasteiger partial charge in [-0.3, -0.25) is 0 Å². The van der Waals surface area contributed by atoms with E-state index in [2.05, 4.69) is 12.2 Å². The highest BCUT2D eigenvalue weighted by molar-refractivity contribution is 5.89. The van der Waals surface area contributed by atoms with Crippen LogP contribution in [0.5, 0.6) is 5.75 Å². The molecule has 0 radical (unpaired) electrons. The first-order chi connectivity index (χ1) is 17.4. The maximum atomic E-state index is 13.2. The summed E-state index contributed by atoms with van der Waals surface area (Å²) in [6.07, 6.45) is 2.57. The van der Waals surface area contributed by atoms with Gasteiger partial charge in [-0.1, -0.05) is 31.9 Å². The number of ether oxygens (including phenoxy) is 3. The van der Waals surface area contributed by atoms with Gasteiger partial charge in [-0.25, -0.2) is 14.0 Å². The number of hydrogen-bond donors (Lipinski definition) is 2. The SMILES string of the molecule is CCCCCOCCN(CCOc1ccc(CC(OCC)C(=O)O)cc1)C(=O)Nc1ccc(F)cc1. The van der Waals surface area contributed by atoms with Gasteiger partial charge < -0.3 is 29.5 Å². The number of halogens is 1. The molecule has 1 atom stereocenters. The fourth-order valence-electron chi connectivity index (χ4n) is 3.41. The van der Waals surface area contributed by atoms with Crippen molar-refractivity contribution in [2.45, 2.75) is 45.6 Å². The van der Waals surface area contributed by atoms with E-state index >= 15 is 0 Å². The number of carboxylic acid groups (broad SMARTS) is 1. The molecule has 0 aliphatic rings. The summed E-state index contributed by atoms with van der Waals surface area (Å²) >= 11 is 0. The van der Waals surface area contributed by atoms with Crippen LogP contribution in [0.1, 0.15) is 38.7 Å². The Bertz CT molecular complexity index is 907. The molecule has 0 spiro atoms. The lowest BCUT2D eigenvalue weighted by Crippen LogP contribution is -2.40. The van der Waals surface area contributed by atoms with Crippen molar-refractivity contribution in [3.8, 4) is 5.75 Å². The third-order valence-corrected chi connectivity index (χ3v) is 5.40. The quantitative estimate of drug-likeness (QED) is 0.295. The summed E-state index contributed by atoms with van der Waals surface area (Å²) in [6.45, 7) is 6.22. The van der Waals surface area contributed by atoms with Gasteiger partial charge in [-0.15, -0.1) is 0 Å². The molecule has 0 fully saturated rings. The van der Waals surface area contributed by atoms with E-state index in [0.717, 1.165) is 24.8 Å². The van der Waals surface area contributed by atoms with Crippen LogP contribution in [0, 0.1) is 5.82 Å². The maximum Gasteiger partial charge on any atom is 0.333 e. The van der Waals surface area contributed by atoms with E-state index in [1.165, 1.54) is 24.3 Å². The molecular formula is C27H37FN2O6. The third-order valence-electron chi connectivity index (χ3n) is 5.40. The van der Waals surface area contributed by atoms with Crippen LogP contribution in [-0.2, 0) is 20.7 Å². The van der Waals surface area contributed by atoms with Crippen LogP contribution in [0.15, 0.2) is 48.5 Å². The fourth-order valence-corrected chi connectivity index (χ4v) is 3.41. The Morgan fingerprint density at radius 3 is 2.31 bits per heavy atom. The molecule has 2 N–H and O–H groups in total. The number of carboxylic acids is 1. The first kappa shape index (κ1) is 29.1. The first-order valence-electron chi connectivity index (χ1n) is 12.4. The van der Waals surface area contributed by atoms with Crippen LogP contribution < -0.4 is 10.1 Å². The van der Waals surface area contributed by atoms with E-state index in [4.69, 9.17) is 14.2 Å². The second-order valence-corrected chi connectivity index (χ2v) is 8.22. The lowest BCUT2D eigenvalue weighted by atomic mass is 10.1. The Labute approximate surface area is 212 Å². The Morgan fingerprint density at radius 2 is 1.67 bits per heavy atom. The van der Waals surface area contributed by atoms with Gasteiger partial charge >= 0.3 is 12.0 Å². The minimum Gasteiger partial charge on any atom is -0.492 e. The monoisotopic (exact) mass is 504 g/mol. The maximum absolute atomic E-state index is 13.2. The summed E-state index contributed by atoms with van der Waals surface area (Å²) < 4.78 is 29.9. The molecular weight excluding hydrogens is 467 g/mol. The van der Waals surface area contributed by atoms with E-state index < -0.39 is 12.1 Å². The summed E-state index contributed by atoms with van der Waals surface area (Å²) in [5, 5.41) is 12.0. The topological polar surface area (TPSA) is 97.3 Å². The van der Waals surface area contributed by atoms with Crippen molar-refractivity contribution in [2.75, 3.05) is 44.8 Å². The number of hydrogen-bond acceptors (Lipinski definition) is 5. The number of carbonyl (C=O) groups is 2. The van der Waals surface area contributed by atoms with Gasteiger partial charge in [0.05, 0.1) is 13.2 Å². The molecule has 198 valence electrons. The molecule has 2 amide bonds. The van der Waals surface area contributed by atoms with E-state index in [-0.39, 0.29) is 24.9 Å². The number of anilines is 1. The molecule has 0 aromatic heterocycles. The van der Waals surface area contributed by atoms with Crippen LogP contribution >= 0.6 is 0 Å². The number of urea groups is 1. The molecule has 2 rings (SSSR count). The van der Waals surface area contributed by atoms with Crippen LogP contribution in [0.3, 0.4) is 0 Å². The third kappa shape index (κ3) is 11.0. The molecule has 0 bridgehead atoms. The summed E-state index contributed by atoms with van der Waals surface area (Å²) in [5.41, 5.74) is 1.32. The van der Waals surface area contributed by atoms with Gasteiger partial charge in [0.1, 0.15) is 18.2 Å². The molecule has 0 heterocycles. The Balaban J connectivity index is 1.88. The molecule has 2 aromatic rings. The van der Waals surface area contributed by atoms with Crippen LogP contribution in [0.25, 0.3) is 0 Å². The zero-order valence-electron chi connectivity index (χ0n) is 21.1. The van der Waals surface area contributed by atoms with Crippen LogP contribution in [-0.4, -0.2) is 67.6 Å². The molecule has 36 heavy (non-hydrogen) atoms. The lowest BCUT2D eigenvalue weighted by molar-refractivity contribution is -0.149. The van der Waals surface area contributed by atoms with Gasteiger partial charge in [0.25, 0.3) is 0 Å². The van der Waals surface area contributed by atoms with Gasteiger partial charge in [-0.05, 0) is 55.3 Å². The molecule has 8 nitrogen and oxygen atoms in total. The second-order valence-electron chi connectivity index (χ2n) is 8.22. The normalized spacial score (nSPS) is 11.6. The molecule has 1 unspecified atom stereocenters. The van der Waals surface area contributed by atoms with Crippen LogP contribution in [0.4, 0.5) is 14.9 Å². The number of rotatable bonds is 17. The number of unbranched alkanes of at least 4 members (excludes halogenated alkanes) is 2. The molecule has 0 saturated carbocycles. The van der Waals surface area contributed by atoms with E-state index in [1.807, 2.05) is 0 Å². The van der Waals surface area contributed by atoms with Gasteiger partial charge in [0.2, 0.25) is 0 Å². The summed E-state index contributed by atoms with van der Waals surface area (Å²) in [6, 6.07) is 12.4. The van der Waals surface area contributed by atoms with Crippen molar-refractivity contribution < 1.29 is 33.3 Å². The molecule has 9 heteroatoms. The van der Waals surface area contributed by atoms with E-state index in [0.29, 0.717) is 44.3 Å². The van der Waals surface area contributed by atoms with Crippen molar-refractivity contribution in [3.63, 3.8) is 0 Å². The van der Waals surface area contributed by atoms with Crippen molar-refractivity contribution in [3.05, 3.63) is 59.9 Å². The molecule has 0 aliphatic carbocycles. The molecule has 0 saturated heterocycles. The Kier molecular flexibility index (Phi) is 13.3. The lowest BCUT2D eigenvalue weighted by Gasteiger charge is -2.23. The number of benzene rings is 2. The molecule has 0 aliphatic heterocycles. The summed E-state index contributed by atoms with van der Waals surface area (Å²) in [7, 11) is 0. The number of nitrogens with zero attached hydrogens (tertiary/aromatic N) is 1. The molecule has 2 aromatic carbocycles.